The molecule has 0 saturated carbocycles. The maximum Gasteiger partial charge on any atom is 0.217 e. The number of halogens is 2. The summed E-state index contributed by atoms with van der Waals surface area (Å²) in [6.45, 7) is 0. The van der Waals surface area contributed by atoms with E-state index in [9.17, 15) is 4.21 Å². The van der Waals surface area contributed by atoms with Gasteiger partial charge in [-0.2, -0.15) is 0 Å². The molecule has 0 aliphatic carbocycles. The van der Waals surface area contributed by atoms with Gasteiger partial charge in [-0.3, -0.25) is 9.62 Å². The van der Waals surface area contributed by atoms with Crippen molar-refractivity contribution in [3.63, 3.8) is 0 Å². The van der Waals surface area contributed by atoms with Gasteiger partial charge in [0.2, 0.25) is 7.12 Å². The number of nitrogens with one attached hydrogen (secondary N) is 2. The van der Waals surface area contributed by atoms with E-state index in [0.29, 0.717) is 33.9 Å². The van der Waals surface area contributed by atoms with Gasteiger partial charge in [0.25, 0.3) is 0 Å². The van der Waals surface area contributed by atoms with Crippen LogP contribution in [0, 0.1) is 5.41 Å². The van der Waals surface area contributed by atoms with Gasteiger partial charge < -0.3 is 5.09 Å². The van der Waals surface area contributed by atoms with E-state index in [4.69, 9.17) is 12.5 Å². The van der Waals surface area contributed by atoms with E-state index in [2.05, 4.69) is 48.0 Å². The Bertz CT molecular complexity index is 701. The summed E-state index contributed by atoms with van der Waals surface area (Å²) < 4.78 is 12.0. The normalized spacial score (nSPS) is 12.5. The number of benzene rings is 1. The van der Waals surface area contributed by atoms with E-state index in [1.54, 1.807) is 30.5 Å². The topological polar surface area (TPSA) is 65.8 Å². The fourth-order valence-electron chi connectivity index (χ4n) is 1.69. The molecule has 2 aromatic rings. The number of rotatable bonds is 5. The molecule has 0 aliphatic rings. The molecule has 0 saturated heterocycles. The van der Waals surface area contributed by atoms with Crippen molar-refractivity contribution in [1.29, 1.82) is 5.41 Å². The molecule has 0 fully saturated rings. The molecule has 0 bridgehead atoms. The largest absolute Gasteiger partial charge is 0.343 e. The summed E-state index contributed by atoms with van der Waals surface area (Å²) in [4.78, 5) is 4.83. The molecule has 2 N–H and O–H groups in total. The summed E-state index contributed by atoms with van der Waals surface area (Å²) in [7, 11) is 3.82. The Morgan fingerprint density at radius 3 is 2.67 bits per heavy atom. The van der Waals surface area contributed by atoms with Gasteiger partial charge in [0.1, 0.15) is 5.82 Å². The van der Waals surface area contributed by atoms with Crippen LogP contribution in [-0.4, -0.2) is 22.0 Å². The van der Waals surface area contributed by atoms with Crippen molar-refractivity contribution in [2.45, 2.75) is 4.90 Å². The summed E-state index contributed by atoms with van der Waals surface area (Å²) in [6, 6.07) is 8.65. The van der Waals surface area contributed by atoms with Gasteiger partial charge in [-0.1, -0.05) is 12.1 Å². The highest BCUT2D eigenvalue weighted by Crippen LogP contribution is 2.28. The lowest BCUT2D eigenvalue weighted by atomic mass is 10.0. The molecule has 2 radical (unpaired) electrons. The number of pyridine rings is 1. The molecule has 4 nitrogen and oxygen atoms in total. The van der Waals surface area contributed by atoms with E-state index in [1.165, 1.54) is 0 Å². The summed E-state index contributed by atoms with van der Waals surface area (Å²) in [6.07, 6.45) is 2.15. The second kappa shape index (κ2) is 7.81. The number of hydrogen-bond acceptors (Lipinski definition) is 4. The highest BCUT2D eigenvalue weighted by Gasteiger charge is 2.12. The first kappa shape index (κ1) is 17.1. The van der Waals surface area contributed by atoms with Gasteiger partial charge in [0.05, 0.1) is 5.71 Å². The molecule has 106 valence electrons. The zero-order chi connectivity index (χ0) is 15.4. The second-order valence-electron chi connectivity index (χ2n) is 3.97. The van der Waals surface area contributed by atoms with Gasteiger partial charge in [-0.15, -0.1) is 0 Å². The third-order valence-corrected chi connectivity index (χ3v) is 4.98. The Kier molecular flexibility index (Phi) is 6.34. The molecular weight excluding hydrogens is 483 g/mol. The van der Waals surface area contributed by atoms with E-state index in [-0.39, 0.29) is 0 Å². The van der Waals surface area contributed by atoms with Gasteiger partial charge in [0, 0.05) is 33.1 Å². The molecule has 0 aliphatic heterocycles. The van der Waals surface area contributed by atoms with Crippen molar-refractivity contribution < 1.29 is 4.21 Å². The van der Waals surface area contributed by atoms with Crippen LogP contribution < -0.4 is 5.09 Å². The summed E-state index contributed by atoms with van der Waals surface area (Å²) in [5, 5.41) is 11.5. The van der Waals surface area contributed by atoms with E-state index in [0.717, 1.165) is 4.47 Å². The van der Waals surface area contributed by atoms with Crippen LogP contribution in [0.25, 0.3) is 0 Å². The zero-order valence-corrected chi connectivity index (χ0v) is 16.1. The average Bonchev–Trinajstić information content (AvgIpc) is 2.48. The van der Waals surface area contributed by atoms with Gasteiger partial charge in [-0.25, -0.2) is 4.98 Å². The molecule has 0 amide bonds. The van der Waals surface area contributed by atoms with Crippen molar-refractivity contribution in [2.24, 2.45) is 0 Å². The monoisotopic (exact) mass is 491 g/mol. The Balaban J connectivity index is 2.39. The van der Waals surface area contributed by atoms with Crippen LogP contribution in [0.4, 0.5) is 5.82 Å². The molecule has 9 heteroatoms. The minimum atomic E-state index is -1.51. The first-order valence-electron chi connectivity index (χ1n) is 5.65. The first-order valence-corrected chi connectivity index (χ1v) is 11.8. The third-order valence-electron chi connectivity index (χ3n) is 2.66. The fraction of sp³-hybridized carbons (Fsp3) is 0. The van der Waals surface area contributed by atoms with Gasteiger partial charge in [-0.05, 0) is 66.8 Å². The first-order chi connectivity index (χ1) is 10.0. The van der Waals surface area contributed by atoms with Crippen LogP contribution >= 0.6 is 44.3 Å². The van der Waals surface area contributed by atoms with E-state index < -0.39 is 10.7 Å². The molecular formula is C12H9BBrIN3OPS. The average molecular weight is 492 g/mol. The zero-order valence-electron chi connectivity index (χ0n) is 10.6. The molecule has 0 spiro atoms. The lowest BCUT2D eigenvalue weighted by molar-refractivity contribution is 0.691. The minimum Gasteiger partial charge on any atom is -0.343 e. The standard InChI is InChI=1S/C12H9BBrIN3OPS/c13-21(19)9-3-1-7(2-4-9)11(16)10-5-8(14)6-17-12(10)18-20-15/h1-6,16,20H,(H,17,18). The number of nitrogens with zero attached hydrogens (tertiary/aromatic N) is 1. The highest BCUT2D eigenvalue weighted by molar-refractivity contribution is 14.2. The summed E-state index contributed by atoms with van der Waals surface area (Å²) in [5.41, 5.74) is 1.76. The van der Waals surface area contributed by atoms with Crippen molar-refractivity contribution >= 4 is 73.6 Å². The van der Waals surface area contributed by atoms with Crippen LogP contribution in [0.2, 0.25) is 0 Å². The van der Waals surface area contributed by atoms with Crippen LogP contribution in [0.3, 0.4) is 0 Å². The fourth-order valence-corrected chi connectivity index (χ4v) is 3.48. The van der Waals surface area contributed by atoms with E-state index in [1.807, 2.05) is 6.07 Å². The molecule has 2 rings (SSSR count). The SMILES string of the molecule is [B]S(=O)c1ccc(C(=N)c2cc(Br)cnc2NPI)cc1. The van der Waals surface area contributed by atoms with E-state index >= 15 is 0 Å². The Morgan fingerprint density at radius 2 is 2.10 bits per heavy atom. The number of aromatic nitrogens is 1. The van der Waals surface area contributed by atoms with Crippen LogP contribution in [0.15, 0.2) is 45.9 Å². The number of hydrogen-bond donors (Lipinski definition) is 2. The van der Waals surface area contributed by atoms with Crippen molar-refractivity contribution in [3.05, 3.63) is 52.1 Å². The molecule has 2 unspecified atom stereocenters. The minimum absolute atomic E-state index is 0.343. The highest BCUT2D eigenvalue weighted by atomic mass is 127. The molecule has 1 aromatic carbocycles. The predicted molar refractivity (Wildman–Crippen MR) is 102 cm³/mol. The van der Waals surface area contributed by atoms with Crippen LogP contribution in [-0.2, 0) is 10.7 Å². The molecule has 1 aromatic heterocycles. The smallest absolute Gasteiger partial charge is 0.217 e. The molecule has 2 atom stereocenters. The predicted octanol–water partition coefficient (Wildman–Crippen LogP) is 3.81. The summed E-state index contributed by atoms with van der Waals surface area (Å²) >= 11 is 5.59. The lowest BCUT2D eigenvalue weighted by Gasteiger charge is -2.11. The Morgan fingerprint density at radius 1 is 1.43 bits per heavy atom. The Labute approximate surface area is 149 Å². The van der Waals surface area contributed by atoms with Gasteiger partial charge >= 0.3 is 0 Å². The van der Waals surface area contributed by atoms with Crippen molar-refractivity contribution in [2.75, 3.05) is 5.09 Å². The van der Waals surface area contributed by atoms with Gasteiger partial charge in [0.15, 0.2) is 0 Å². The summed E-state index contributed by atoms with van der Waals surface area (Å²) in [5.74, 6) is 0.669. The second-order valence-corrected chi connectivity index (χ2v) is 8.00. The third kappa shape index (κ3) is 4.34. The molecule has 21 heavy (non-hydrogen) atoms. The lowest BCUT2D eigenvalue weighted by Crippen LogP contribution is -2.06. The number of anilines is 1. The molecule has 1 heterocycles. The maximum absolute atomic E-state index is 11.2. The maximum atomic E-state index is 11.2. The quantitative estimate of drug-likeness (QED) is 0.289. The van der Waals surface area contributed by atoms with Crippen molar-refractivity contribution in [1.82, 2.24) is 4.98 Å². The van der Waals surface area contributed by atoms with Crippen LogP contribution in [0.5, 0.6) is 0 Å². The van der Waals surface area contributed by atoms with Crippen molar-refractivity contribution in [3.8, 4) is 0 Å². The Hall–Kier alpha value is -0.305. The van der Waals surface area contributed by atoms with Crippen LogP contribution in [0.1, 0.15) is 11.1 Å².